The van der Waals surface area contributed by atoms with Gasteiger partial charge < -0.3 is 10.0 Å². The second-order valence-corrected chi connectivity index (χ2v) is 12.8. The molecule has 0 amide bonds. The highest BCUT2D eigenvalue weighted by Gasteiger charge is 2.19. The number of hydrogen-bond acceptors (Lipinski definition) is 12. The first-order valence-corrected chi connectivity index (χ1v) is 17.9. The fourth-order valence-corrected chi connectivity index (χ4v) is 6.36. The molecular formula is C43H30BClF2N10O2. The Kier molecular flexibility index (Phi) is 12.1. The molecule has 0 saturated heterocycles. The molecule has 0 atom stereocenters. The maximum absolute atomic E-state index is 14.4. The van der Waals surface area contributed by atoms with Gasteiger partial charge in [-0.25, -0.2) is 48.7 Å². The van der Waals surface area contributed by atoms with Crippen LogP contribution in [0.25, 0.3) is 77.6 Å². The van der Waals surface area contributed by atoms with Gasteiger partial charge in [-0.2, -0.15) is 0 Å². The van der Waals surface area contributed by atoms with Crippen LogP contribution < -0.4 is 5.46 Å². The van der Waals surface area contributed by atoms with Gasteiger partial charge >= 0.3 is 7.12 Å². The Morgan fingerprint density at radius 2 is 1.05 bits per heavy atom. The van der Waals surface area contributed by atoms with E-state index in [2.05, 4.69) is 49.8 Å². The number of rotatable bonds is 4. The van der Waals surface area contributed by atoms with E-state index in [4.69, 9.17) is 11.6 Å². The molecule has 0 aliphatic rings. The van der Waals surface area contributed by atoms with Crippen LogP contribution in [-0.2, 0) is 0 Å². The van der Waals surface area contributed by atoms with Gasteiger partial charge in [0, 0.05) is 63.0 Å². The van der Waals surface area contributed by atoms with Crippen LogP contribution >= 0.6 is 11.6 Å². The summed E-state index contributed by atoms with van der Waals surface area (Å²) < 4.78 is 28.2. The molecular weight excluding hydrogens is 773 g/mol. The zero-order chi connectivity index (χ0) is 40.0. The summed E-state index contributed by atoms with van der Waals surface area (Å²) in [6, 6.07) is 26.9. The van der Waals surface area contributed by atoms with Gasteiger partial charge in [0.1, 0.15) is 29.4 Å². The van der Waals surface area contributed by atoms with Gasteiger partial charge in [-0.1, -0.05) is 49.4 Å². The van der Waals surface area contributed by atoms with E-state index in [-0.39, 0.29) is 18.7 Å². The van der Waals surface area contributed by atoms with E-state index in [1.54, 1.807) is 91.8 Å². The van der Waals surface area contributed by atoms with Crippen molar-refractivity contribution in [3.63, 3.8) is 0 Å². The van der Waals surface area contributed by atoms with Crippen molar-refractivity contribution in [3.05, 3.63) is 164 Å². The highest BCUT2D eigenvalue weighted by Crippen LogP contribution is 2.34. The van der Waals surface area contributed by atoms with Crippen molar-refractivity contribution >= 4 is 68.1 Å². The maximum Gasteiger partial charge on any atom is 0.489 e. The summed E-state index contributed by atoms with van der Waals surface area (Å²) in [5.41, 5.74) is 5.74. The summed E-state index contributed by atoms with van der Waals surface area (Å²) in [4.78, 5) is 41.9. The van der Waals surface area contributed by atoms with Gasteiger partial charge in [0.15, 0.2) is 11.3 Å². The van der Waals surface area contributed by atoms with E-state index in [0.29, 0.717) is 44.3 Å². The van der Waals surface area contributed by atoms with Crippen LogP contribution in [-0.4, -0.2) is 67.0 Å². The standard InChI is InChI=1S/C21H12FN5.C14H10BFN2O2.C7H4ClN3.CH4/c22-17-6-2-1-4-14(17)18-10-16(13-5-3-8-24-21(13)27-18)20-15-7-9-23-11-19(15)25-12-26-20;16-12-6-2-1-4-10(12)13-8-11(15(19)20)9-5-3-7-17-14(9)18-13;8-7-5-1-2-9-3-6(5)10-4-11-7;/h1-12H;1-8,19-20H;1-4H;1H4. The van der Waals surface area contributed by atoms with Gasteiger partial charge in [0.2, 0.25) is 0 Å². The molecule has 0 radical (unpaired) electrons. The van der Waals surface area contributed by atoms with Crippen molar-refractivity contribution in [1.29, 1.82) is 0 Å². The molecule has 0 aliphatic heterocycles. The summed E-state index contributed by atoms with van der Waals surface area (Å²) in [5.74, 6) is -0.753. The van der Waals surface area contributed by atoms with E-state index in [1.807, 2.05) is 24.3 Å². The summed E-state index contributed by atoms with van der Waals surface area (Å²) >= 11 is 5.78. The SMILES string of the molecule is C.Clc1ncnc2cnccc12.Fc1ccccc1-c1cc(-c2ncnc3cnccc23)c2cccnc2n1.OB(O)c1cc(-c2ccccc2F)nc2ncccc12. The topological polar surface area (TPSA) is 169 Å². The van der Waals surface area contributed by atoms with Crippen LogP contribution in [0.3, 0.4) is 0 Å². The number of nitrogens with zero attached hydrogens (tertiary/aromatic N) is 10. The van der Waals surface area contributed by atoms with Crippen LogP contribution in [0.1, 0.15) is 7.43 Å². The normalized spacial score (nSPS) is 10.7. The fraction of sp³-hybridized carbons (Fsp3) is 0.0233. The lowest BCUT2D eigenvalue weighted by Gasteiger charge is -2.11. The summed E-state index contributed by atoms with van der Waals surface area (Å²) in [6.45, 7) is 0. The van der Waals surface area contributed by atoms with E-state index in [1.165, 1.54) is 30.9 Å². The van der Waals surface area contributed by atoms with Crippen molar-refractivity contribution in [3.8, 4) is 33.8 Å². The third kappa shape index (κ3) is 8.52. The molecule has 8 heterocycles. The molecule has 8 aromatic heterocycles. The first-order valence-electron chi connectivity index (χ1n) is 17.5. The zero-order valence-electron chi connectivity index (χ0n) is 29.9. The minimum Gasteiger partial charge on any atom is -0.423 e. The zero-order valence-corrected chi connectivity index (χ0v) is 30.7. The average molecular weight is 803 g/mol. The van der Waals surface area contributed by atoms with Crippen LogP contribution in [0.5, 0.6) is 0 Å². The molecule has 10 rings (SSSR count). The molecule has 10 aromatic rings. The van der Waals surface area contributed by atoms with Crippen molar-refractivity contribution < 1.29 is 18.8 Å². The van der Waals surface area contributed by atoms with Crippen molar-refractivity contribution in [1.82, 2.24) is 49.8 Å². The highest BCUT2D eigenvalue weighted by atomic mass is 35.5. The number of benzene rings is 2. The van der Waals surface area contributed by atoms with Gasteiger partial charge in [0.05, 0.1) is 40.5 Å². The number of halogens is 3. The molecule has 59 heavy (non-hydrogen) atoms. The van der Waals surface area contributed by atoms with Crippen LogP contribution in [0, 0.1) is 11.6 Å². The molecule has 0 spiro atoms. The van der Waals surface area contributed by atoms with Gasteiger partial charge in [0.25, 0.3) is 0 Å². The van der Waals surface area contributed by atoms with Crippen LogP contribution in [0.15, 0.2) is 147 Å². The van der Waals surface area contributed by atoms with Gasteiger partial charge in [-0.05, 0) is 72.2 Å². The molecule has 0 saturated carbocycles. The van der Waals surface area contributed by atoms with Crippen LogP contribution in [0.2, 0.25) is 5.15 Å². The third-order valence-electron chi connectivity index (χ3n) is 8.86. The smallest absolute Gasteiger partial charge is 0.423 e. The van der Waals surface area contributed by atoms with Crippen molar-refractivity contribution in [2.75, 3.05) is 0 Å². The molecule has 0 bridgehead atoms. The molecule has 0 unspecified atom stereocenters. The molecule has 288 valence electrons. The Morgan fingerprint density at radius 1 is 0.508 bits per heavy atom. The van der Waals surface area contributed by atoms with E-state index >= 15 is 0 Å². The van der Waals surface area contributed by atoms with Crippen molar-refractivity contribution in [2.45, 2.75) is 7.43 Å². The highest BCUT2D eigenvalue weighted by molar-refractivity contribution is 6.62. The average Bonchev–Trinajstić information content (AvgIpc) is 3.26. The lowest BCUT2D eigenvalue weighted by Crippen LogP contribution is -2.31. The minimum atomic E-state index is -1.67. The lowest BCUT2D eigenvalue weighted by atomic mass is 9.78. The second-order valence-electron chi connectivity index (χ2n) is 12.4. The van der Waals surface area contributed by atoms with Crippen molar-refractivity contribution in [2.24, 2.45) is 0 Å². The van der Waals surface area contributed by atoms with E-state index in [0.717, 1.165) is 38.4 Å². The fourth-order valence-electron chi connectivity index (χ4n) is 6.16. The number of pyridine rings is 6. The predicted octanol–water partition coefficient (Wildman–Crippen LogP) is 7.87. The minimum absolute atomic E-state index is 0. The van der Waals surface area contributed by atoms with Crippen LogP contribution in [0.4, 0.5) is 8.78 Å². The molecule has 0 aliphatic carbocycles. The number of aromatic nitrogens is 10. The quantitative estimate of drug-likeness (QED) is 0.131. The monoisotopic (exact) mass is 802 g/mol. The first kappa shape index (κ1) is 39.9. The Bertz CT molecular complexity index is 3080. The second kappa shape index (κ2) is 17.9. The Hall–Kier alpha value is -7.33. The van der Waals surface area contributed by atoms with E-state index < -0.39 is 12.9 Å². The lowest BCUT2D eigenvalue weighted by molar-refractivity contribution is 0.426. The summed E-state index contributed by atoms with van der Waals surface area (Å²) in [6.07, 6.45) is 12.9. The first-order chi connectivity index (χ1) is 28.4. The Labute approximate surface area is 340 Å². The molecule has 2 aromatic carbocycles. The largest absolute Gasteiger partial charge is 0.489 e. The van der Waals surface area contributed by atoms with E-state index in [9.17, 15) is 18.8 Å². The summed E-state index contributed by atoms with van der Waals surface area (Å²) in [5, 5.41) is 22.5. The Balaban J connectivity index is 0.000000145. The number of fused-ring (bicyclic) bond motifs is 4. The number of hydrogen-bond donors (Lipinski definition) is 2. The molecule has 12 nitrogen and oxygen atoms in total. The predicted molar refractivity (Wildman–Crippen MR) is 225 cm³/mol. The maximum atomic E-state index is 14.4. The molecule has 0 fully saturated rings. The van der Waals surface area contributed by atoms with Gasteiger partial charge in [-0.3, -0.25) is 9.97 Å². The van der Waals surface area contributed by atoms with Gasteiger partial charge in [-0.15, -0.1) is 0 Å². The third-order valence-corrected chi connectivity index (χ3v) is 9.16. The summed E-state index contributed by atoms with van der Waals surface area (Å²) in [7, 11) is -1.67. The molecule has 16 heteroatoms. The Morgan fingerprint density at radius 3 is 1.66 bits per heavy atom. The molecule has 2 N–H and O–H groups in total.